The number of hydrogen-bond donors (Lipinski definition) is 2. The number of hydrogen-bond acceptors (Lipinski definition) is 4. The molecule has 2 N–H and O–H groups in total. The molecule has 19 heavy (non-hydrogen) atoms. The molecule has 0 amide bonds. The summed E-state index contributed by atoms with van der Waals surface area (Å²) in [6.45, 7) is 0.267. The number of rotatable bonds is 4. The molecule has 1 heterocycles. The van der Waals surface area contributed by atoms with E-state index in [4.69, 9.17) is 9.47 Å². The summed E-state index contributed by atoms with van der Waals surface area (Å²) in [5, 5.41) is 12.8. The number of anilines is 1. The number of aliphatic hydroxyl groups excluding tert-OH is 1. The summed E-state index contributed by atoms with van der Waals surface area (Å²) in [7, 11) is 0. The maximum atomic E-state index is 9.55. The maximum Gasteiger partial charge on any atom is 0.231 e. The molecule has 0 fully saturated rings. The number of benzene rings is 2. The first-order chi connectivity index (χ1) is 9.36. The van der Waals surface area contributed by atoms with Crippen LogP contribution in [0.5, 0.6) is 11.5 Å². The molecule has 4 nitrogen and oxygen atoms in total. The lowest BCUT2D eigenvalue weighted by atomic mass is 10.1. The second kappa shape index (κ2) is 5.20. The van der Waals surface area contributed by atoms with Gasteiger partial charge in [-0.25, -0.2) is 0 Å². The molecule has 2 aromatic carbocycles. The summed E-state index contributed by atoms with van der Waals surface area (Å²) >= 11 is 0. The third-order valence-electron chi connectivity index (χ3n) is 3.10. The van der Waals surface area contributed by atoms with Gasteiger partial charge in [0.2, 0.25) is 6.79 Å². The first-order valence-corrected chi connectivity index (χ1v) is 6.19. The Labute approximate surface area is 111 Å². The van der Waals surface area contributed by atoms with Crippen LogP contribution in [0.25, 0.3) is 0 Å². The van der Waals surface area contributed by atoms with Crippen LogP contribution in [0, 0.1) is 0 Å². The van der Waals surface area contributed by atoms with Crippen LogP contribution in [0.2, 0.25) is 0 Å². The zero-order chi connectivity index (χ0) is 13.1. The molecule has 0 saturated carbocycles. The SMILES string of the molecule is OCC(Nc1ccccc1)c1ccc2c(c1)OCO2. The van der Waals surface area contributed by atoms with Crippen LogP contribution >= 0.6 is 0 Å². The average Bonchev–Trinajstić information content (AvgIpc) is 2.93. The van der Waals surface area contributed by atoms with Gasteiger partial charge in [0.15, 0.2) is 11.5 Å². The molecule has 0 spiro atoms. The molecule has 0 radical (unpaired) electrons. The molecule has 1 atom stereocenters. The zero-order valence-electron chi connectivity index (χ0n) is 10.4. The molecule has 3 rings (SSSR count). The normalized spacial score (nSPS) is 14.2. The van der Waals surface area contributed by atoms with Crippen molar-refractivity contribution in [3.63, 3.8) is 0 Å². The number of ether oxygens (including phenoxy) is 2. The van der Waals surface area contributed by atoms with Crippen molar-refractivity contribution in [2.75, 3.05) is 18.7 Å². The van der Waals surface area contributed by atoms with E-state index in [1.807, 2.05) is 48.5 Å². The minimum atomic E-state index is -0.170. The van der Waals surface area contributed by atoms with Crippen LogP contribution in [0.4, 0.5) is 5.69 Å². The molecule has 0 bridgehead atoms. The smallest absolute Gasteiger partial charge is 0.231 e. The van der Waals surface area contributed by atoms with E-state index in [0.717, 1.165) is 22.7 Å². The van der Waals surface area contributed by atoms with Gasteiger partial charge in [-0.1, -0.05) is 24.3 Å². The highest BCUT2D eigenvalue weighted by Gasteiger charge is 2.17. The summed E-state index contributed by atoms with van der Waals surface area (Å²) in [4.78, 5) is 0. The molecular weight excluding hydrogens is 242 g/mol. The minimum Gasteiger partial charge on any atom is -0.454 e. The lowest BCUT2D eigenvalue weighted by molar-refractivity contribution is 0.174. The number of fused-ring (bicyclic) bond motifs is 1. The van der Waals surface area contributed by atoms with Crippen molar-refractivity contribution in [3.8, 4) is 11.5 Å². The molecule has 0 aliphatic carbocycles. The van der Waals surface area contributed by atoms with Crippen molar-refractivity contribution in [2.45, 2.75) is 6.04 Å². The van der Waals surface area contributed by atoms with Gasteiger partial charge in [0.1, 0.15) is 0 Å². The van der Waals surface area contributed by atoms with Gasteiger partial charge in [0, 0.05) is 5.69 Å². The van der Waals surface area contributed by atoms with Crippen LogP contribution in [0.3, 0.4) is 0 Å². The van der Waals surface area contributed by atoms with Crippen molar-refractivity contribution in [3.05, 3.63) is 54.1 Å². The van der Waals surface area contributed by atoms with E-state index in [2.05, 4.69) is 5.32 Å². The average molecular weight is 257 g/mol. The molecule has 0 aromatic heterocycles. The van der Waals surface area contributed by atoms with Gasteiger partial charge in [-0.2, -0.15) is 0 Å². The Hall–Kier alpha value is -2.20. The largest absolute Gasteiger partial charge is 0.454 e. The number of nitrogens with one attached hydrogen (secondary N) is 1. The quantitative estimate of drug-likeness (QED) is 0.883. The van der Waals surface area contributed by atoms with Crippen molar-refractivity contribution in [1.29, 1.82) is 0 Å². The van der Waals surface area contributed by atoms with Crippen LogP contribution < -0.4 is 14.8 Å². The fourth-order valence-electron chi connectivity index (χ4n) is 2.10. The fourth-order valence-corrected chi connectivity index (χ4v) is 2.10. The Bertz CT molecular complexity index is 557. The maximum absolute atomic E-state index is 9.55. The van der Waals surface area contributed by atoms with E-state index in [1.165, 1.54) is 0 Å². The topological polar surface area (TPSA) is 50.7 Å². The highest BCUT2D eigenvalue weighted by atomic mass is 16.7. The van der Waals surface area contributed by atoms with Crippen LogP contribution in [0.1, 0.15) is 11.6 Å². The minimum absolute atomic E-state index is 0.00847. The summed E-state index contributed by atoms with van der Waals surface area (Å²) in [5.74, 6) is 1.48. The molecule has 1 aliphatic heterocycles. The molecule has 1 unspecified atom stereocenters. The van der Waals surface area contributed by atoms with Gasteiger partial charge in [0.05, 0.1) is 12.6 Å². The van der Waals surface area contributed by atoms with Crippen molar-refractivity contribution in [1.82, 2.24) is 0 Å². The van der Waals surface area contributed by atoms with Crippen molar-refractivity contribution >= 4 is 5.69 Å². The lowest BCUT2D eigenvalue weighted by Crippen LogP contribution is -2.14. The predicted octanol–water partition coefficient (Wildman–Crippen LogP) is 2.56. The zero-order valence-corrected chi connectivity index (χ0v) is 10.4. The fraction of sp³-hybridized carbons (Fsp3) is 0.200. The first-order valence-electron chi connectivity index (χ1n) is 6.19. The summed E-state index contributed by atoms with van der Waals surface area (Å²) < 4.78 is 10.6. The standard InChI is InChI=1S/C15H15NO3/c17-9-13(16-12-4-2-1-3-5-12)11-6-7-14-15(8-11)19-10-18-14/h1-8,13,16-17H,9-10H2. The Morgan fingerprint density at radius 2 is 1.84 bits per heavy atom. The highest BCUT2D eigenvalue weighted by Crippen LogP contribution is 2.34. The number of para-hydroxylation sites is 1. The Morgan fingerprint density at radius 3 is 2.63 bits per heavy atom. The summed E-state index contributed by atoms with van der Waals surface area (Å²) in [6, 6.07) is 15.3. The van der Waals surface area contributed by atoms with E-state index in [-0.39, 0.29) is 19.4 Å². The molecule has 4 heteroatoms. The summed E-state index contributed by atoms with van der Waals surface area (Å²) in [6.07, 6.45) is 0. The van der Waals surface area contributed by atoms with Crippen LogP contribution in [-0.4, -0.2) is 18.5 Å². The third kappa shape index (κ3) is 2.48. The second-order valence-corrected chi connectivity index (χ2v) is 4.36. The Balaban J connectivity index is 1.82. The van der Waals surface area contributed by atoms with Crippen LogP contribution in [-0.2, 0) is 0 Å². The van der Waals surface area contributed by atoms with E-state index < -0.39 is 0 Å². The van der Waals surface area contributed by atoms with Crippen LogP contribution in [0.15, 0.2) is 48.5 Å². The molecule has 0 saturated heterocycles. The Morgan fingerprint density at radius 1 is 1.05 bits per heavy atom. The van der Waals surface area contributed by atoms with Gasteiger partial charge >= 0.3 is 0 Å². The van der Waals surface area contributed by atoms with Crippen molar-refractivity contribution < 1.29 is 14.6 Å². The lowest BCUT2D eigenvalue weighted by Gasteiger charge is -2.18. The molecule has 2 aromatic rings. The van der Waals surface area contributed by atoms with Crippen molar-refractivity contribution in [2.24, 2.45) is 0 Å². The van der Waals surface area contributed by atoms with E-state index >= 15 is 0 Å². The Kier molecular flexibility index (Phi) is 3.25. The van der Waals surface area contributed by atoms with Gasteiger partial charge in [-0.15, -0.1) is 0 Å². The van der Waals surface area contributed by atoms with E-state index in [1.54, 1.807) is 0 Å². The predicted molar refractivity (Wildman–Crippen MR) is 72.5 cm³/mol. The molecular formula is C15H15NO3. The van der Waals surface area contributed by atoms with Gasteiger partial charge in [-0.3, -0.25) is 0 Å². The highest BCUT2D eigenvalue weighted by molar-refractivity contribution is 5.49. The first kappa shape index (κ1) is 11.9. The summed E-state index contributed by atoms with van der Waals surface area (Å²) in [5.41, 5.74) is 1.94. The molecule has 1 aliphatic rings. The third-order valence-corrected chi connectivity index (χ3v) is 3.10. The van der Waals surface area contributed by atoms with Gasteiger partial charge < -0.3 is 19.9 Å². The van der Waals surface area contributed by atoms with Gasteiger partial charge in [0.25, 0.3) is 0 Å². The second-order valence-electron chi connectivity index (χ2n) is 4.36. The molecule has 98 valence electrons. The van der Waals surface area contributed by atoms with E-state index in [9.17, 15) is 5.11 Å². The van der Waals surface area contributed by atoms with Gasteiger partial charge in [-0.05, 0) is 29.8 Å². The number of aliphatic hydroxyl groups is 1. The van der Waals surface area contributed by atoms with E-state index in [0.29, 0.717) is 0 Å². The monoisotopic (exact) mass is 257 g/mol.